The molecule has 1 aromatic rings. The zero-order valence-electron chi connectivity index (χ0n) is 14.9. The van der Waals surface area contributed by atoms with Gasteiger partial charge in [-0.2, -0.15) is 0 Å². The van der Waals surface area contributed by atoms with Crippen molar-refractivity contribution in [3.63, 3.8) is 0 Å². The highest BCUT2D eigenvalue weighted by atomic mass is 16.3. The number of nitrogens with one attached hydrogen (secondary N) is 1. The molecule has 4 heteroatoms. The van der Waals surface area contributed by atoms with Crippen LogP contribution in [-0.2, 0) is 4.79 Å². The Kier molecular flexibility index (Phi) is 5.57. The van der Waals surface area contributed by atoms with Crippen LogP contribution >= 0.6 is 0 Å². The van der Waals surface area contributed by atoms with Gasteiger partial charge in [-0.15, -0.1) is 0 Å². The van der Waals surface area contributed by atoms with Crippen LogP contribution in [0.15, 0.2) is 24.3 Å². The fourth-order valence-electron chi connectivity index (χ4n) is 4.21. The number of rotatable bonds is 5. The van der Waals surface area contributed by atoms with Crippen LogP contribution < -0.4 is 5.32 Å². The van der Waals surface area contributed by atoms with Crippen molar-refractivity contribution in [2.45, 2.75) is 64.1 Å². The van der Waals surface area contributed by atoms with E-state index in [1.165, 1.54) is 31.2 Å². The number of hydrogen-bond acceptors (Lipinski definition) is 3. The lowest BCUT2D eigenvalue weighted by molar-refractivity contribution is -0.134. The highest BCUT2D eigenvalue weighted by Crippen LogP contribution is 2.33. The summed E-state index contributed by atoms with van der Waals surface area (Å²) in [5.74, 6) is 0.812. The molecule has 1 aliphatic carbocycles. The number of aryl methyl sites for hydroxylation is 1. The minimum absolute atomic E-state index is 0.0664. The SMILES string of the molecule is CCN(CC(O)c1ccc(C)cc1)C(=O)C1CC2CCCCC2N1. The third kappa shape index (κ3) is 3.81. The molecule has 2 N–H and O–H groups in total. The van der Waals surface area contributed by atoms with E-state index in [0.717, 1.165) is 12.0 Å². The van der Waals surface area contributed by atoms with Crippen molar-refractivity contribution in [2.24, 2.45) is 5.92 Å². The Bertz CT molecular complexity index is 543. The van der Waals surface area contributed by atoms with Gasteiger partial charge in [-0.25, -0.2) is 0 Å². The molecule has 24 heavy (non-hydrogen) atoms. The smallest absolute Gasteiger partial charge is 0.239 e. The predicted octanol–water partition coefficient (Wildman–Crippen LogP) is 2.80. The van der Waals surface area contributed by atoms with Gasteiger partial charge in [-0.05, 0) is 44.6 Å². The number of amides is 1. The molecule has 4 atom stereocenters. The number of nitrogens with zero attached hydrogens (tertiary/aromatic N) is 1. The van der Waals surface area contributed by atoms with Crippen LogP contribution in [0.25, 0.3) is 0 Å². The van der Waals surface area contributed by atoms with Gasteiger partial charge in [0, 0.05) is 12.6 Å². The summed E-state index contributed by atoms with van der Waals surface area (Å²) in [5.41, 5.74) is 2.05. The van der Waals surface area contributed by atoms with Crippen molar-refractivity contribution in [1.29, 1.82) is 0 Å². The van der Waals surface area contributed by atoms with Gasteiger partial charge in [0.25, 0.3) is 0 Å². The second-order valence-electron chi connectivity index (χ2n) is 7.41. The third-order valence-corrected chi connectivity index (χ3v) is 5.71. The largest absolute Gasteiger partial charge is 0.387 e. The van der Waals surface area contributed by atoms with Crippen molar-refractivity contribution in [2.75, 3.05) is 13.1 Å². The average Bonchev–Trinajstić information content (AvgIpc) is 3.03. The second kappa shape index (κ2) is 7.66. The molecular weight excluding hydrogens is 300 g/mol. The van der Waals surface area contributed by atoms with E-state index < -0.39 is 6.10 Å². The lowest BCUT2D eigenvalue weighted by atomic mass is 9.85. The zero-order valence-corrected chi connectivity index (χ0v) is 14.9. The van der Waals surface area contributed by atoms with Crippen LogP contribution in [0.1, 0.15) is 56.3 Å². The molecule has 1 aliphatic heterocycles. The maximum atomic E-state index is 12.9. The Morgan fingerprint density at radius 3 is 2.67 bits per heavy atom. The van der Waals surface area contributed by atoms with Crippen LogP contribution in [-0.4, -0.2) is 41.1 Å². The first-order chi connectivity index (χ1) is 11.6. The zero-order chi connectivity index (χ0) is 17.1. The van der Waals surface area contributed by atoms with Gasteiger partial charge in [0.1, 0.15) is 0 Å². The molecule has 1 saturated heterocycles. The Labute approximate surface area is 145 Å². The second-order valence-corrected chi connectivity index (χ2v) is 7.41. The molecule has 0 aromatic heterocycles. The number of aliphatic hydroxyl groups is 1. The van der Waals surface area contributed by atoms with E-state index in [1.807, 2.05) is 38.1 Å². The van der Waals surface area contributed by atoms with Crippen molar-refractivity contribution >= 4 is 5.91 Å². The van der Waals surface area contributed by atoms with Crippen molar-refractivity contribution < 1.29 is 9.90 Å². The van der Waals surface area contributed by atoms with E-state index in [9.17, 15) is 9.90 Å². The van der Waals surface area contributed by atoms with Gasteiger partial charge in [-0.1, -0.05) is 42.7 Å². The number of benzene rings is 1. The number of likely N-dealkylation sites (N-methyl/N-ethyl adjacent to an activating group) is 1. The van der Waals surface area contributed by atoms with Gasteiger partial charge in [0.15, 0.2) is 0 Å². The maximum absolute atomic E-state index is 12.9. The normalized spacial score (nSPS) is 27.5. The molecule has 1 aromatic carbocycles. The maximum Gasteiger partial charge on any atom is 0.239 e. The Hall–Kier alpha value is -1.39. The highest BCUT2D eigenvalue weighted by Gasteiger charge is 2.39. The molecule has 0 spiro atoms. The first kappa shape index (κ1) is 17.4. The number of fused-ring (bicyclic) bond motifs is 1. The number of aliphatic hydroxyl groups excluding tert-OH is 1. The predicted molar refractivity (Wildman–Crippen MR) is 95.7 cm³/mol. The summed E-state index contributed by atoms with van der Waals surface area (Å²) in [6.07, 6.45) is 5.36. The summed E-state index contributed by atoms with van der Waals surface area (Å²) >= 11 is 0. The van der Waals surface area contributed by atoms with Crippen LogP contribution in [0.2, 0.25) is 0 Å². The van der Waals surface area contributed by atoms with E-state index in [2.05, 4.69) is 5.32 Å². The van der Waals surface area contributed by atoms with Gasteiger partial charge in [0.2, 0.25) is 5.91 Å². The molecule has 1 saturated carbocycles. The van der Waals surface area contributed by atoms with Crippen molar-refractivity contribution in [3.8, 4) is 0 Å². The van der Waals surface area contributed by atoms with Crippen LogP contribution in [0, 0.1) is 12.8 Å². The summed E-state index contributed by atoms with van der Waals surface area (Å²) in [7, 11) is 0. The molecule has 2 fully saturated rings. The highest BCUT2D eigenvalue weighted by molar-refractivity contribution is 5.82. The molecule has 0 radical (unpaired) electrons. The Morgan fingerprint density at radius 2 is 2.00 bits per heavy atom. The molecular formula is C20H30N2O2. The van der Waals surface area contributed by atoms with E-state index in [4.69, 9.17) is 0 Å². The van der Waals surface area contributed by atoms with Crippen molar-refractivity contribution in [1.82, 2.24) is 10.2 Å². The molecule has 1 heterocycles. The quantitative estimate of drug-likeness (QED) is 0.873. The monoisotopic (exact) mass is 330 g/mol. The van der Waals surface area contributed by atoms with Gasteiger partial charge >= 0.3 is 0 Å². The minimum atomic E-state index is -0.627. The van der Waals surface area contributed by atoms with E-state index >= 15 is 0 Å². The molecule has 4 nitrogen and oxygen atoms in total. The number of hydrogen-bond donors (Lipinski definition) is 2. The van der Waals surface area contributed by atoms with Crippen LogP contribution in [0.4, 0.5) is 0 Å². The van der Waals surface area contributed by atoms with E-state index in [-0.39, 0.29) is 11.9 Å². The van der Waals surface area contributed by atoms with Crippen LogP contribution in [0.5, 0.6) is 0 Å². The number of carbonyl (C=O) groups excluding carboxylic acids is 1. The summed E-state index contributed by atoms with van der Waals surface area (Å²) in [6.45, 7) is 5.02. The molecule has 132 valence electrons. The van der Waals surface area contributed by atoms with Gasteiger partial charge in [0.05, 0.1) is 18.7 Å². The summed E-state index contributed by atoms with van der Waals surface area (Å²) in [6, 6.07) is 8.35. The lowest BCUT2D eigenvalue weighted by Gasteiger charge is -2.27. The van der Waals surface area contributed by atoms with E-state index in [0.29, 0.717) is 25.0 Å². The minimum Gasteiger partial charge on any atom is -0.387 e. The van der Waals surface area contributed by atoms with Crippen molar-refractivity contribution in [3.05, 3.63) is 35.4 Å². The average molecular weight is 330 g/mol. The third-order valence-electron chi connectivity index (χ3n) is 5.71. The molecule has 4 unspecified atom stereocenters. The molecule has 3 rings (SSSR count). The topological polar surface area (TPSA) is 52.6 Å². The standard InChI is InChI=1S/C20H30N2O2/c1-3-22(13-19(23)15-10-8-14(2)9-11-15)20(24)18-12-16-6-4-5-7-17(16)21-18/h8-11,16-19,21,23H,3-7,12-13H2,1-2H3. The Morgan fingerprint density at radius 1 is 1.29 bits per heavy atom. The van der Waals surface area contributed by atoms with Crippen LogP contribution in [0.3, 0.4) is 0 Å². The number of carbonyl (C=O) groups is 1. The van der Waals surface area contributed by atoms with Gasteiger partial charge in [-0.3, -0.25) is 4.79 Å². The fourth-order valence-corrected chi connectivity index (χ4v) is 4.21. The lowest BCUT2D eigenvalue weighted by Crippen LogP contribution is -2.46. The molecule has 1 amide bonds. The van der Waals surface area contributed by atoms with Gasteiger partial charge < -0.3 is 15.3 Å². The molecule has 0 bridgehead atoms. The Balaban J connectivity index is 1.61. The summed E-state index contributed by atoms with van der Waals surface area (Å²) in [5, 5.41) is 14.1. The first-order valence-corrected chi connectivity index (χ1v) is 9.38. The summed E-state index contributed by atoms with van der Waals surface area (Å²) < 4.78 is 0. The first-order valence-electron chi connectivity index (χ1n) is 9.38. The van der Waals surface area contributed by atoms with E-state index in [1.54, 1.807) is 4.90 Å². The molecule has 2 aliphatic rings. The summed E-state index contributed by atoms with van der Waals surface area (Å²) in [4.78, 5) is 14.7. The fraction of sp³-hybridized carbons (Fsp3) is 0.650.